The van der Waals surface area contributed by atoms with Crippen LogP contribution in [-0.4, -0.2) is 15.5 Å². The fourth-order valence-corrected chi connectivity index (χ4v) is 3.97. The third-order valence-electron chi connectivity index (χ3n) is 2.43. The lowest BCUT2D eigenvalue weighted by Crippen LogP contribution is -2.12. The standard InChI is InChI=1S/C12H12F2N2O2S2/c1-15-7-9-3-5-12(19-9)20(17,18)16-11-4-2-8(13)6-10(11)14/h2-6,15-16H,7H2,1H3. The van der Waals surface area contributed by atoms with Crippen molar-refractivity contribution in [1.82, 2.24) is 5.32 Å². The number of hydrogen-bond donors (Lipinski definition) is 2. The van der Waals surface area contributed by atoms with Crippen molar-refractivity contribution in [3.05, 3.63) is 46.8 Å². The summed E-state index contributed by atoms with van der Waals surface area (Å²) in [7, 11) is -2.12. The van der Waals surface area contributed by atoms with Crippen LogP contribution in [-0.2, 0) is 16.6 Å². The van der Waals surface area contributed by atoms with Crippen molar-refractivity contribution in [2.45, 2.75) is 10.8 Å². The zero-order valence-corrected chi connectivity index (χ0v) is 12.1. The van der Waals surface area contributed by atoms with Crippen molar-refractivity contribution >= 4 is 27.0 Å². The van der Waals surface area contributed by atoms with Gasteiger partial charge in [0.05, 0.1) is 5.69 Å². The summed E-state index contributed by atoms with van der Waals surface area (Å²) in [5.41, 5.74) is -0.282. The molecule has 1 aromatic carbocycles. The second kappa shape index (κ2) is 5.86. The molecule has 0 saturated carbocycles. The van der Waals surface area contributed by atoms with Crippen LogP contribution in [0, 0.1) is 11.6 Å². The van der Waals surface area contributed by atoms with Gasteiger partial charge in [0.2, 0.25) is 0 Å². The minimum Gasteiger partial charge on any atom is -0.315 e. The molecule has 2 rings (SSSR count). The van der Waals surface area contributed by atoms with Gasteiger partial charge in [0.15, 0.2) is 0 Å². The zero-order chi connectivity index (χ0) is 14.8. The maximum Gasteiger partial charge on any atom is 0.271 e. The van der Waals surface area contributed by atoms with Gasteiger partial charge in [-0.3, -0.25) is 4.72 Å². The summed E-state index contributed by atoms with van der Waals surface area (Å²) in [5.74, 6) is -1.72. The first-order chi connectivity index (χ1) is 9.42. The molecule has 0 aliphatic heterocycles. The van der Waals surface area contributed by atoms with Crippen LogP contribution in [0.4, 0.5) is 14.5 Å². The van der Waals surface area contributed by atoms with Gasteiger partial charge in [-0.15, -0.1) is 11.3 Å². The van der Waals surface area contributed by atoms with Crippen LogP contribution in [0.5, 0.6) is 0 Å². The highest BCUT2D eigenvalue weighted by molar-refractivity contribution is 7.94. The molecule has 2 N–H and O–H groups in total. The molecule has 1 heterocycles. The van der Waals surface area contributed by atoms with E-state index in [1.807, 2.05) is 0 Å². The first-order valence-corrected chi connectivity index (χ1v) is 7.93. The molecule has 0 saturated heterocycles. The lowest BCUT2D eigenvalue weighted by atomic mass is 10.3. The highest BCUT2D eigenvalue weighted by Gasteiger charge is 2.18. The Balaban J connectivity index is 2.26. The highest BCUT2D eigenvalue weighted by Crippen LogP contribution is 2.25. The SMILES string of the molecule is CNCc1ccc(S(=O)(=O)Nc2ccc(F)cc2F)s1. The minimum absolute atomic E-state index is 0.0754. The Morgan fingerprint density at radius 3 is 2.60 bits per heavy atom. The van der Waals surface area contributed by atoms with Crippen LogP contribution in [0.2, 0.25) is 0 Å². The predicted octanol–water partition coefficient (Wildman–Crippen LogP) is 2.55. The second-order valence-corrected chi connectivity index (χ2v) is 7.06. The molecule has 0 aliphatic rings. The third-order valence-corrected chi connectivity index (χ3v) is 5.37. The van der Waals surface area contributed by atoms with Crippen molar-refractivity contribution in [2.24, 2.45) is 0 Å². The van der Waals surface area contributed by atoms with Crippen molar-refractivity contribution in [3.8, 4) is 0 Å². The molecule has 1 aromatic heterocycles. The van der Waals surface area contributed by atoms with E-state index in [1.54, 1.807) is 13.1 Å². The van der Waals surface area contributed by atoms with E-state index in [0.29, 0.717) is 12.6 Å². The molecule has 0 amide bonds. The topological polar surface area (TPSA) is 58.2 Å². The fourth-order valence-electron chi connectivity index (χ4n) is 1.54. The quantitative estimate of drug-likeness (QED) is 0.891. The number of thiophene rings is 1. The molecule has 0 unspecified atom stereocenters. The maximum absolute atomic E-state index is 13.4. The molecular formula is C12H12F2N2O2S2. The molecule has 0 radical (unpaired) electrons. The third kappa shape index (κ3) is 3.33. The van der Waals surface area contributed by atoms with Gasteiger partial charge in [-0.05, 0) is 31.3 Å². The molecule has 20 heavy (non-hydrogen) atoms. The van der Waals surface area contributed by atoms with Crippen LogP contribution < -0.4 is 10.0 Å². The van der Waals surface area contributed by atoms with Crippen LogP contribution >= 0.6 is 11.3 Å². The van der Waals surface area contributed by atoms with Gasteiger partial charge in [0, 0.05) is 17.5 Å². The van der Waals surface area contributed by atoms with Crippen LogP contribution in [0.25, 0.3) is 0 Å². The first-order valence-electron chi connectivity index (χ1n) is 5.63. The highest BCUT2D eigenvalue weighted by atomic mass is 32.2. The average molecular weight is 318 g/mol. The van der Waals surface area contributed by atoms with Crippen LogP contribution in [0.15, 0.2) is 34.5 Å². The van der Waals surface area contributed by atoms with Crippen molar-refractivity contribution in [2.75, 3.05) is 11.8 Å². The number of halogens is 2. The molecule has 8 heteroatoms. The Bertz CT molecular complexity index is 714. The summed E-state index contributed by atoms with van der Waals surface area (Å²) in [6, 6.07) is 5.78. The summed E-state index contributed by atoms with van der Waals surface area (Å²) in [4.78, 5) is 0.840. The first kappa shape index (κ1) is 14.9. The van der Waals surface area contributed by atoms with Crippen LogP contribution in [0.1, 0.15) is 4.88 Å². The Kier molecular flexibility index (Phi) is 4.36. The van der Waals surface area contributed by atoms with Crippen molar-refractivity contribution in [3.63, 3.8) is 0 Å². The predicted molar refractivity (Wildman–Crippen MR) is 74.2 cm³/mol. The molecule has 4 nitrogen and oxygen atoms in total. The van der Waals surface area contributed by atoms with Crippen LogP contribution in [0.3, 0.4) is 0 Å². The molecule has 0 aliphatic carbocycles. The Morgan fingerprint density at radius 1 is 1.20 bits per heavy atom. The number of rotatable bonds is 5. The van der Waals surface area contributed by atoms with Gasteiger partial charge in [-0.1, -0.05) is 0 Å². The molecule has 2 aromatic rings. The average Bonchev–Trinajstić information content (AvgIpc) is 2.83. The zero-order valence-electron chi connectivity index (χ0n) is 10.5. The number of anilines is 1. The normalized spacial score (nSPS) is 11.6. The van der Waals surface area contributed by atoms with E-state index in [1.165, 1.54) is 6.07 Å². The number of benzene rings is 1. The number of nitrogens with one attached hydrogen (secondary N) is 2. The van der Waals surface area contributed by atoms with Crippen molar-refractivity contribution in [1.29, 1.82) is 0 Å². The van der Waals surface area contributed by atoms with Crippen molar-refractivity contribution < 1.29 is 17.2 Å². The Morgan fingerprint density at radius 2 is 1.95 bits per heavy atom. The summed E-state index contributed by atoms with van der Waals surface area (Å²) < 4.78 is 52.5. The molecular weight excluding hydrogens is 306 g/mol. The largest absolute Gasteiger partial charge is 0.315 e. The Hall–Kier alpha value is -1.51. The van der Waals surface area contributed by atoms with E-state index in [2.05, 4.69) is 10.0 Å². The molecule has 0 bridgehead atoms. The second-order valence-electron chi connectivity index (χ2n) is 3.98. The van der Waals surface area contributed by atoms with Gasteiger partial charge >= 0.3 is 0 Å². The fraction of sp³-hybridized carbons (Fsp3) is 0.167. The lowest BCUT2D eigenvalue weighted by Gasteiger charge is -2.07. The van der Waals surface area contributed by atoms with E-state index in [4.69, 9.17) is 0 Å². The van der Waals surface area contributed by atoms with E-state index < -0.39 is 21.7 Å². The van der Waals surface area contributed by atoms with Gasteiger partial charge < -0.3 is 5.32 Å². The van der Waals surface area contributed by atoms with E-state index >= 15 is 0 Å². The molecule has 0 atom stereocenters. The van der Waals surface area contributed by atoms with E-state index in [0.717, 1.165) is 28.3 Å². The molecule has 108 valence electrons. The summed E-state index contributed by atoms with van der Waals surface area (Å²) in [6.07, 6.45) is 0. The lowest BCUT2D eigenvalue weighted by molar-refractivity contribution is 0.583. The smallest absolute Gasteiger partial charge is 0.271 e. The van der Waals surface area contributed by atoms with Gasteiger partial charge in [-0.25, -0.2) is 17.2 Å². The summed E-state index contributed by atoms with van der Waals surface area (Å²) in [5, 5.41) is 2.91. The maximum atomic E-state index is 13.4. The van der Waals surface area contributed by atoms with Gasteiger partial charge in [-0.2, -0.15) is 0 Å². The van der Waals surface area contributed by atoms with Gasteiger partial charge in [0.25, 0.3) is 10.0 Å². The molecule has 0 fully saturated rings. The number of hydrogen-bond acceptors (Lipinski definition) is 4. The Labute approximate surface area is 119 Å². The summed E-state index contributed by atoms with van der Waals surface area (Å²) >= 11 is 1.08. The summed E-state index contributed by atoms with van der Waals surface area (Å²) in [6.45, 7) is 0.547. The van der Waals surface area contributed by atoms with E-state index in [-0.39, 0.29) is 9.90 Å². The van der Waals surface area contributed by atoms with E-state index in [9.17, 15) is 17.2 Å². The monoisotopic (exact) mass is 318 g/mol. The molecule has 0 spiro atoms. The number of sulfonamides is 1. The van der Waals surface area contributed by atoms with Gasteiger partial charge in [0.1, 0.15) is 15.8 Å². The minimum atomic E-state index is -3.87.